The third-order valence-electron chi connectivity index (χ3n) is 4.83. The lowest BCUT2D eigenvalue weighted by Crippen LogP contribution is -2.46. The number of carbonyl (C=O) groups excluding carboxylic acids is 1. The summed E-state index contributed by atoms with van der Waals surface area (Å²) in [7, 11) is -3.23. The normalized spacial score (nSPS) is 23.2. The van der Waals surface area contributed by atoms with Gasteiger partial charge < -0.3 is 4.90 Å². The molecular weight excluding hydrogens is 312 g/mol. The van der Waals surface area contributed by atoms with Crippen molar-refractivity contribution >= 4 is 21.6 Å². The number of aryl methyl sites for hydroxylation is 1. The summed E-state index contributed by atoms with van der Waals surface area (Å²) in [5.74, 6) is -0.155. The van der Waals surface area contributed by atoms with E-state index >= 15 is 0 Å². The zero-order valence-corrected chi connectivity index (χ0v) is 14.4. The van der Waals surface area contributed by atoms with Crippen LogP contribution in [0.5, 0.6) is 0 Å². The molecule has 0 saturated carbocycles. The maximum absolute atomic E-state index is 13.0. The van der Waals surface area contributed by atoms with Gasteiger partial charge >= 0.3 is 0 Å². The molecule has 1 atom stereocenters. The first kappa shape index (κ1) is 16.5. The molecule has 0 radical (unpaired) electrons. The number of sulfonamides is 1. The van der Waals surface area contributed by atoms with Gasteiger partial charge in [-0.1, -0.05) is 18.2 Å². The number of anilines is 1. The molecule has 2 aliphatic heterocycles. The van der Waals surface area contributed by atoms with E-state index in [1.165, 1.54) is 16.1 Å². The average molecular weight is 336 g/mol. The first-order chi connectivity index (χ1) is 11.0. The number of carbonyl (C=O) groups is 1. The minimum Gasteiger partial charge on any atom is -0.312 e. The van der Waals surface area contributed by atoms with E-state index in [1.54, 1.807) is 0 Å². The Morgan fingerprint density at radius 1 is 1.13 bits per heavy atom. The lowest BCUT2D eigenvalue weighted by atomic mass is 9.97. The second kappa shape index (κ2) is 6.61. The minimum absolute atomic E-state index is 0.0766. The van der Waals surface area contributed by atoms with Crippen LogP contribution >= 0.6 is 0 Å². The molecule has 1 fully saturated rings. The molecule has 126 valence electrons. The fourth-order valence-corrected chi connectivity index (χ4v) is 4.50. The monoisotopic (exact) mass is 336 g/mol. The average Bonchev–Trinajstić information content (AvgIpc) is 2.76. The van der Waals surface area contributed by atoms with Crippen LogP contribution in [0.4, 0.5) is 5.69 Å². The zero-order valence-electron chi connectivity index (χ0n) is 13.6. The van der Waals surface area contributed by atoms with Crippen LogP contribution in [0.2, 0.25) is 0 Å². The van der Waals surface area contributed by atoms with Gasteiger partial charge in [-0.2, -0.15) is 0 Å². The Hall–Kier alpha value is -1.40. The third-order valence-corrected chi connectivity index (χ3v) is 6.10. The van der Waals surface area contributed by atoms with E-state index < -0.39 is 10.0 Å². The number of fused-ring (bicyclic) bond motifs is 1. The van der Waals surface area contributed by atoms with Crippen molar-refractivity contribution in [3.05, 3.63) is 29.8 Å². The summed E-state index contributed by atoms with van der Waals surface area (Å²) in [5, 5.41) is 0. The molecule has 2 aliphatic rings. The molecule has 3 rings (SSSR count). The van der Waals surface area contributed by atoms with Crippen LogP contribution in [0.1, 0.15) is 31.2 Å². The van der Waals surface area contributed by atoms with E-state index in [4.69, 9.17) is 0 Å². The Morgan fingerprint density at radius 2 is 1.91 bits per heavy atom. The number of piperidine rings is 1. The highest BCUT2D eigenvalue weighted by molar-refractivity contribution is 7.88. The quantitative estimate of drug-likeness (QED) is 0.830. The maximum atomic E-state index is 13.0. The van der Waals surface area contributed by atoms with Crippen molar-refractivity contribution < 1.29 is 13.2 Å². The molecule has 1 aromatic rings. The number of hydrogen-bond donors (Lipinski definition) is 0. The van der Waals surface area contributed by atoms with Gasteiger partial charge in [0.1, 0.15) is 0 Å². The molecule has 1 aromatic carbocycles. The zero-order chi connectivity index (χ0) is 16.4. The van der Waals surface area contributed by atoms with Gasteiger partial charge in [-0.3, -0.25) is 4.79 Å². The summed E-state index contributed by atoms with van der Waals surface area (Å²) in [5.41, 5.74) is 2.22. The molecule has 0 unspecified atom stereocenters. The number of para-hydroxylation sites is 1. The lowest BCUT2D eigenvalue weighted by Gasteiger charge is -2.34. The summed E-state index contributed by atoms with van der Waals surface area (Å²) in [6.07, 6.45) is 5.81. The van der Waals surface area contributed by atoms with Crippen LogP contribution in [-0.4, -0.2) is 44.5 Å². The van der Waals surface area contributed by atoms with Gasteiger partial charge in [0.15, 0.2) is 0 Å². The molecule has 0 N–H and O–H groups in total. The van der Waals surface area contributed by atoms with Crippen molar-refractivity contribution in [1.82, 2.24) is 4.31 Å². The largest absolute Gasteiger partial charge is 0.312 e. The molecule has 23 heavy (non-hydrogen) atoms. The molecule has 1 amide bonds. The molecular formula is C17H24N2O3S. The predicted octanol–water partition coefficient (Wildman–Crippen LogP) is 2.03. The van der Waals surface area contributed by atoms with E-state index in [-0.39, 0.29) is 11.8 Å². The second-order valence-corrected chi connectivity index (χ2v) is 8.52. The molecule has 0 spiro atoms. The van der Waals surface area contributed by atoms with E-state index in [0.717, 1.165) is 44.3 Å². The van der Waals surface area contributed by atoms with E-state index in [0.29, 0.717) is 13.1 Å². The van der Waals surface area contributed by atoms with Crippen LogP contribution in [0.15, 0.2) is 24.3 Å². The molecule has 0 aromatic heterocycles. The fraction of sp³-hybridized carbons (Fsp3) is 0.588. The highest BCUT2D eigenvalue weighted by Gasteiger charge is 2.33. The molecule has 0 bridgehead atoms. The number of rotatable bonds is 2. The minimum atomic E-state index is -3.23. The van der Waals surface area contributed by atoms with Gasteiger partial charge in [0.25, 0.3) is 0 Å². The van der Waals surface area contributed by atoms with Crippen LogP contribution in [0.25, 0.3) is 0 Å². The maximum Gasteiger partial charge on any atom is 0.231 e. The van der Waals surface area contributed by atoms with E-state index in [2.05, 4.69) is 6.07 Å². The molecule has 1 saturated heterocycles. The smallest absolute Gasteiger partial charge is 0.231 e. The second-order valence-electron chi connectivity index (χ2n) is 6.54. The highest BCUT2D eigenvalue weighted by atomic mass is 32.2. The Balaban J connectivity index is 1.82. The molecule has 5 nitrogen and oxygen atoms in total. The fourth-order valence-electron chi connectivity index (χ4n) is 3.59. The SMILES string of the molecule is CS(=O)(=O)N1CCC[C@H](C(=O)N2CCCCc3ccccc32)C1. The predicted molar refractivity (Wildman–Crippen MR) is 90.9 cm³/mol. The highest BCUT2D eigenvalue weighted by Crippen LogP contribution is 2.29. The standard InChI is InChI=1S/C17H24N2O3S/c1-23(21,22)18-11-6-9-15(13-18)17(20)19-12-5-4-8-14-7-2-3-10-16(14)19/h2-3,7,10,15H,4-6,8-9,11-13H2,1H3/t15-/m0/s1. The van der Waals surface area contributed by atoms with Crippen LogP contribution in [-0.2, 0) is 21.2 Å². The van der Waals surface area contributed by atoms with Crippen LogP contribution in [0, 0.1) is 5.92 Å². The van der Waals surface area contributed by atoms with Gasteiger partial charge in [0.05, 0.1) is 12.2 Å². The molecule has 6 heteroatoms. The van der Waals surface area contributed by atoms with Gasteiger partial charge in [-0.05, 0) is 43.7 Å². The van der Waals surface area contributed by atoms with Crippen LogP contribution < -0.4 is 4.90 Å². The number of hydrogen-bond acceptors (Lipinski definition) is 3. The molecule has 2 heterocycles. The van der Waals surface area contributed by atoms with Crippen molar-refractivity contribution in [2.45, 2.75) is 32.1 Å². The topological polar surface area (TPSA) is 57.7 Å². The number of nitrogens with zero attached hydrogens (tertiary/aromatic N) is 2. The van der Waals surface area contributed by atoms with Crippen molar-refractivity contribution in [2.24, 2.45) is 5.92 Å². The Kier molecular flexibility index (Phi) is 4.73. The van der Waals surface area contributed by atoms with Gasteiger partial charge in [-0.25, -0.2) is 12.7 Å². The molecule has 0 aliphatic carbocycles. The Bertz CT molecular complexity index is 687. The first-order valence-electron chi connectivity index (χ1n) is 8.31. The van der Waals surface area contributed by atoms with Crippen LogP contribution in [0.3, 0.4) is 0 Å². The van der Waals surface area contributed by atoms with Crippen molar-refractivity contribution in [1.29, 1.82) is 0 Å². The summed E-state index contributed by atoms with van der Waals surface area (Å²) in [6.45, 7) is 1.57. The summed E-state index contributed by atoms with van der Waals surface area (Å²) >= 11 is 0. The van der Waals surface area contributed by atoms with E-state index in [1.807, 2.05) is 23.1 Å². The third kappa shape index (κ3) is 3.58. The Labute approximate surface area is 138 Å². The summed E-state index contributed by atoms with van der Waals surface area (Å²) in [4.78, 5) is 14.9. The Morgan fingerprint density at radius 3 is 2.70 bits per heavy atom. The van der Waals surface area contributed by atoms with Crippen molar-refractivity contribution in [2.75, 3.05) is 30.8 Å². The van der Waals surface area contributed by atoms with Crippen molar-refractivity contribution in [3.63, 3.8) is 0 Å². The van der Waals surface area contributed by atoms with E-state index in [9.17, 15) is 13.2 Å². The number of amides is 1. The van der Waals surface area contributed by atoms with Gasteiger partial charge in [0.2, 0.25) is 15.9 Å². The van der Waals surface area contributed by atoms with Gasteiger partial charge in [-0.15, -0.1) is 0 Å². The van der Waals surface area contributed by atoms with Gasteiger partial charge in [0, 0.05) is 25.3 Å². The lowest BCUT2D eigenvalue weighted by molar-refractivity contribution is -0.123. The summed E-state index contributed by atoms with van der Waals surface area (Å²) < 4.78 is 25.0. The first-order valence-corrected chi connectivity index (χ1v) is 10.2. The van der Waals surface area contributed by atoms with Crippen molar-refractivity contribution in [3.8, 4) is 0 Å². The summed E-state index contributed by atoms with van der Waals surface area (Å²) in [6, 6.07) is 8.08. The number of benzene rings is 1.